The lowest BCUT2D eigenvalue weighted by molar-refractivity contribution is -0.145. The highest BCUT2D eigenvalue weighted by Crippen LogP contribution is 2.53. The minimum Gasteiger partial charge on any atom is -0.466 e. The van der Waals surface area contributed by atoms with Crippen molar-refractivity contribution in [3.63, 3.8) is 0 Å². The first-order valence-corrected chi connectivity index (χ1v) is 17.6. The minimum atomic E-state index is -1.04. The van der Waals surface area contributed by atoms with Gasteiger partial charge in [-0.25, -0.2) is 24.4 Å². The lowest BCUT2D eigenvalue weighted by Crippen LogP contribution is -2.44. The molecule has 0 spiro atoms. The zero-order valence-corrected chi connectivity index (χ0v) is 32.3. The Bertz CT molecular complexity index is 1800. The molecule has 5 rings (SSSR count). The second kappa shape index (κ2) is 14.6. The molecule has 3 atom stereocenters. The van der Waals surface area contributed by atoms with Crippen LogP contribution in [0.15, 0.2) is 34.9 Å². The summed E-state index contributed by atoms with van der Waals surface area (Å²) in [6.45, 7) is 18.9. The molecule has 3 amide bonds. The molecule has 16 heteroatoms. The van der Waals surface area contributed by atoms with Crippen LogP contribution in [-0.4, -0.2) is 92.9 Å². The average molecular weight is 736 g/mol. The minimum absolute atomic E-state index is 0.0592. The summed E-state index contributed by atoms with van der Waals surface area (Å²) >= 11 is 0. The van der Waals surface area contributed by atoms with Crippen LogP contribution in [-0.2, 0) is 30.3 Å². The normalized spacial score (nSPS) is 18.2. The molecule has 1 aliphatic heterocycles. The van der Waals surface area contributed by atoms with E-state index in [1.807, 2.05) is 17.0 Å². The van der Waals surface area contributed by atoms with Gasteiger partial charge in [0.25, 0.3) is 5.89 Å². The van der Waals surface area contributed by atoms with Crippen molar-refractivity contribution in [1.29, 1.82) is 0 Å². The van der Waals surface area contributed by atoms with Crippen LogP contribution >= 0.6 is 0 Å². The number of piperidine rings is 1. The van der Waals surface area contributed by atoms with E-state index in [2.05, 4.69) is 15.2 Å². The van der Waals surface area contributed by atoms with Crippen LogP contribution in [0, 0.1) is 17.8 Å². The lowest BCUT2D eigenvalue weighted by atomic mass is 10.1. The standard InChI is InChI=1S/C37H49N7O9/c1-12-49-31(45)26-23-19-43(20-24(23)26)25-17-38-28(44(33(47)52-36(5,6)7)34(48)53-37(8,9)10)27(39-25)30-41-40-29(50-30)22-15-13-21(14-16-22)18-42(11)32(46)51-35(2,3)4/h13-17,23-24,26H,12,18-20H2,1-11H3/t23-,24+,26?. The van der Waals surface area contributed by atoms with Crippen molar-refractivity contribution in [1.82, 2.24) is 25.1 Å². The summed E-state index contributed by atoms with van der Waals surface area (Å²) in [5.41, 5.74) is -1.21. The van der Waals surface area contributed by atoms with Gasteiger partial charge in [0, 0.05) is 32.2 Å². The van der Waals surface area contributed by atoms with E-state index in [-0.39, 0.29) is 47.0 Å². The smallest absolute Gasteiger partial charge is 0.425 e. The molecule has 2 fully saturated rings. The number of fused-ring (bicyclic) bond motifs is 1. The highest BCUT2D eigenvalue weighted by atomic mass is 16.6. The summed E-state index contributed by atoms with van der Waals surface area (Å²) in [6.07, 6.45) is -1.09. The molecule has 286 valence electrons. The van der Waals surface area contributed by atoms with E-state index in [4.69, 9.17) is 28.3 Å². The number of carbonyl (C=O) groups excluding carboxylic acids is 4. The van der Waals surface area contributed by atoms with E-state index < -0.39 is 35.1 Å². The second-order valence-corrected chi connectivity index (χ2v) is 16.2. The van der Waals surface area contributed by atoms with E-state index in [1.165, 1.54) is 11.1 Å². The van der Waals surface area contributed by atoms with Gasteiger partial charge >= 0.3 is 24.2 Å². The number of anilines is 2. The molecule has 53 heavy (non-hydrogen) atoms. The van der Waals surface area contributed by atoms with E-state index in [1.54, 1.807) is 88.4 Å². The molecule has 1 aromatic carbocycles. The molecular formula is C37H49N7O9. The molecule has 1 unspecified atom stereocenters. The first-order chi connectivity index (χ1) is 24.6. The maximum atomic E-state index is 13.6. The van der Waals surface area contributed by atoms with Crippen molar-refractivity contribution in [3.8, 4) is 23.0 Å². The van der Waals surface area contributed by atoms with Gasteiger partial charge in [-0.1, -0.05) is 12.1 Å². The van der Waals surface area contributed by atoms with Gasteiger partial charge in [-0.05, 0) is 98.8 Å². The highest BCUT2D eigenvalue weighted by Gasteiger charge is 2.60. The summed E-state index contributed by atoms with van der Waals surface area (Å²) in [5, 5.41) is 8.49. The second-order valence-electron chi connectivity index (χ2n) is 16.2. The van der Waals surface area contributed by atoms with Gasteiger partial charge in [-0.3, -0.25) is 4.79 Å². The monoisotopic (exact) mass is 735 g/mol. The van der Waals surface area contributed by atoms with E-state index >= 15 is 0 Å². The number of carbonyl (C=O) groups is 4. The summed E-state index contributed by atoms with van der Waals surface area (Å²) < 4.78 is 28.0. The summed E-state index contributed by atoms with van der Waals surface area (Å²) in [6, 6.07) is 7.17. The van der Waals surface area contributed by atoms with Gasteiger partial charge in [0.1, 0.15) is 22.6 Å². The van der Waals surface area contributed by atoms with Crippen LogP contribution in [0.2, 0.25) is 0 Å². The number of amides is 3. The van der Waals surface area contributed by atoms with Crippen molar-refractivity contribution < 1.29 is 42.5 Å². The molecule has 0 radical (unpaired) electrons. The van der Waals surface area contributed by atoms with Crippen molar-refractivity contribution in [2.24, 2.45) is 17.8 Å². The summed E-state index contributed by atoms with van der Waals surface area (Å²) in [5.74, 6) is 0.0648. The third-order valence-corrected chi connectivity index (χ3v) is 8.13. The zero-order valence-electron chi connectivity index (χ0n) is 32.3. The topological polar surface area (TPSA) is 180 Å². The number of nitrogens with zero attached hydrogens (tertiary/aromatic N) is 7. The Morgan fingerprint density at radius 2 is 1.34 bits per heavy atom. The molecule has 1 aliphatic carbocycles. The first kappa shape index (κ1) is 38.9. The Hall–Kier alpha value is -5.28. The third kappa shape index (κ3) is 9.59. The molecular weight excluding hydrogens is 686 g/mol. The zero-order chi connectivity index (χ0) is 39.0. The van der Waals surface area contributed by atoms with Gasteiger partial charge < -0.3 is 33.2 Å². The van der Waals surface area contributed by atoms with Crippen LogP contribution in [0.3, 0.4) is 0 Å². The Kier molecular flexibility index (Phi) is 10.7. The predicted octanol–water partition coefficient (Wildman–Crippen LogP) is 6.48. The first-order valence-electron chi connectivity index (χ1n) is 17.6. The van der Waals surface area contributed by atoms with Crippen LogP contribution in [0.1, 0.15) is 74.8 Å². The molecule has 3 aromatic rings. The molecule has 2 aliphatic rings. The number of benzene rings is 1. The summed E-state index contributed by atoms with van der Waals surface area (Å²) in [7, 11) is 1.65. The fourth-order valence-electron chi connectivity index (χ4n) is 5.86. The van der Waals surface area contributed by atoms with E-state index in [9.17, 15) is 19.2 Å². The molecule has 1 saturated heterocycles. The molecule has 1 saturated carbocycles. The highest BCUT2D eigenvalue weighted by molar-refractivity contribution is 6.10. The lowest BCUT2D eigenvalue weighted by Gasteiger charge is -2.29. The largest absolute Gasteiger partial charge is 0.466 e. The number of hydrogen-bond donors (Lipinski definition) is 0. The Morgan fingerprint density at radius 1 is 0.811 bits per heavy atom. The molecule has 3 heterocycles. The molecule has 0 N–H and O–H groups in total. The van der Waals surface area contributed by atoms with Crippen molar-refractivity contribution in [2.45, 2.75) is 92.6 Å². The van der Waals surface area contributed by atoms with Gasteiger partial charge in [-0.2, -0.15) is 4.90 Å². The summed E-state index contributed by atoms with van der Waals surface area (Å²) in [4.78, 5) is 65.6. The maximum Gasteiger partial charge on any atom is 0.425 e. The number of ether oxygens (including phenoxy) is 4. The van der Waals surface area contributed by atoms with Crippen molar-refractivity contribution in [3.05, 3.63) is 36.0 Å². The van der Waals surface area contributed by atoms with Gasteiger partial charge in [0.15, 0.2) is 11.5 Å². The van der Waals surface area contributed by atoms with Crippen LogP contribution in [0.5, 0.6) is 0 Å². The Labute approximate surface area is 309 Å². The van der Waals surface area contributed by atoms with E-state index in [0.717, 1.165) is 5.56 Å². The fourth-order valence-corrected chi connectivity index (χ4v) is 5.86. The maximum absolute atomic E-state index is 13.6. The number of hydrogen-bond acceptors (Lipinski definition) is 14. The van der Waals surface area contributed by atoms with Crippen LogP contribution in [0.25, 0.3) is 23.0 Å². The van der Waals surface area contributed by atoms with Crippen molar-refractivity contribution >= 4 is 35.9 Å². The molecule has 16 nitrogen and oxygen atoms in total. The third-order valence-electron chi connectivity index (χ3n) is 8.13. The fraction of sp³-hybridized carbons (Fsp3) is 0.568. The molecule has 2 aromatic heterocycles. The molecule has 0 bridgehead atoms. The van der Waals surface area contributed by atoms with Gasteiger partial charge in [0.05, 0.1) is 18.7 Å². The quantitative estimate of drug-likeness (QED) is 0.181. The Balaban J connectivity index is 1.48. The predicted molar refractivity (Wildman–Crippen MR) is 193 cm³/mol. The number of aromatic nitrogens is 4. The SMILES string of the molecule is CCOC(=O)C1[C@H]2CN(c3cnc(N(C(=O)OC(C)(C)C)C(=O)OC(C)(C)C)c(-c4nnc(-c5ccc(CN(C)C(=O)OC(C)(C)C)cc5)o4)n3)C[C@@H]12. The van der Waals surface area contributed by atoms with E-state index in [0.29, 0.717) is 42.5 Å². The number of rotatable bonds is 8. The number of esters is 1. The van der Waals surface area contributed by atoms with Crippen LogP contribution < -0.4 is 9.80 Å². The number of imide groups is 1. The van der Waals surface area contributed by atoms with Gasteiger partial charge in [0.2, 0.25) is 5.89 Å². The van der Waals surface area contributed by atoms with Gasteiger partial charge in [-0.15, -0.1) is 10.2 Å². The average Bonchev–Trinajstić information content (AvgIpc) is 3.33. The van der Waals surface area contributed by atoms with Crippen molar-refractivity contribution in [2.75, 3.05) is 36.5 Å². The Morgan fingerprint density at radius 3 is 1.87 bits per heavy atom. The van der Waals surface area contributed by atoms with Crippen LogP contribution in [0.4, 0.5) is 26.0 Å².